The number of rotatable bonds is 6. The number of carbonyl (C=O) groups is 2. The minimum Gasteiger partial charge on any atom is -0.347 e. The van der Waals surface area contributed by atoms with E-state index in [-0.39, 0.29) is 17.9 Å². The first-order valence-corrected chi connectivity index (χ1v) is 9.66. The molecule has 1 aromatic heterocycles. The predicted molar refractivity (Wildman–Crippen MR) is 109 cm³/mol. The van der Waals surface area contributed by atoms with Gasteiger partial charge in [-0.1, -0.05) is 30.3 Å². The lowest BCUT2D eigenvalue weighted by molar-refractivity contribution is 0.0935. The molecule has 6 heteroatoms. The van der Waals surface area contributed by atoms with Crippen LogP contribution in [0.2, 0.25) is 0 Å². The minimum absolute atomic E-state index is 0.104. The summed E-state index contributed by atoms with van der Waals surface area (Å²) < 4.78 is 0. The first kappa shape index (κ1) is 19.3. The quantitative estimate of drug-likeness (QED) is 0.667. The zero-order valence-corrected chi connectivity index (χ0v) is 16.1. The fraction of sp³-hybridized carbons (Fsp3) is 0.136. The summed E-state index contributed by atoms with van der Waals surface area (Å²) in [4.78, 5) is 25.1. The van der Waals surface area contributed by atoms with E-state index in [1.165, 1.54) is 11.3 Å². The normalized spacial score (nSPS) is 11.3. The lowest BCUT2D eigenvalue weighted by Gasteiger charge is -2.14. The number of thiophene rings is 1. The van der Waals surface area contributed by atoms with Gasteiger partial charge in [-0.3, -0.25) is 9.59 Å². The summed E-state index contributed by atoms with van der Waals surface area (Å²) in [6.45, 7) is 2.30. The van der Waals surface area contributed by atoms with Gasteiger partial charge in [0.05, 0.1) is 22.6 Å². The first-order chi connectivity index (χ1) is 13.6. The second-order valence-electron chi connectivity index (χ2n) is 6.29. The third-order valence-electron chi connectivity index (χ3n) is 4.30. The summed E-state index contributed by atoms with van der Waals surface area (Å²) in [5.41, 5.74) is 2.99. The molecule has 140 valence electrons. The number of amides is 2. The number of nitriles is 1. The first-order valence-electron chi connectivity index (χ1n) is 8.78. The fourth-order valence-electron chi connectivity index (χ4n) is 2.66. The molecule has 0 saturated heterocycles. The molecule has 0 radical (unpaired) electrons. The molecule has 0 saturated carbocycles. The number of nitrogens with one attached hydrogen (secondary N) is 2. The molecule has 1 atom stereocenters. The van der Waals surface area contributed by atoms with Crippen molar-refractivity contribution in [3.63, 3.8) is 0 Å². The fourth-order valence-corrected chi connectivity index (χ4v) is 3.30. The van der Waals surface area contributed by atoms with Gasteiger partial charge in [0.2, 0.25) is 0 Å². The molecule has 0 aliphatic rings. The van der Waals surface area contributed by atoms with E-state index in [1.54, 1.807) is 30.3 Å². The van der Waals surface area contributed by atoms with Gasteiger partial charge in [-0.25, -0.2) is 0 Å². The highest BCUT2D eigenvalue weighted by molar-refractivity contribution is 7.12. The molecule has 0 fully saturated rings. The summed E-state index contributed by atoms with van der Waals surface area (Å²) in [7, 11) is 0. The van der Waals surface area contributed by atoms with Crippen LogP contribution in [0.4, 0.5) is 0 Å². The van der Waals surface area contributed by atoms with E-state index < -0.39 is 0 Å². The molecule has 1 unspecified atom stereocenters. The van der Waals surface area contributed by atoms with E-state index in [0.717, 1.165) is 11.1 Å². The molecule has 0 aliphatic carbocycles. The minimum atomic E-state index is -0.176. The van der Waals surface area contributed by atoms with Crippen molar-refractivity contribution in [3.05, 3.63) is 93.2 Å². The Morgan fingerprint density at radius 3 is 2.36 bits per heavy atom. The average molecular weight is 389 g/mol. The van der Waals surface area contributed by atoms with Crippen LogP contribution in [-0.2, 0) is 6.54 Å². The van der Waals surface area contributed by atoms with Gasteiger partial charge in [-0.2, -0.15) is 5.26 Å². The van der Waals surface area contributed by atoms with Crippen molar-refractivity contribution in [1.29, 1.82) is 5.26 Å². The highest BCUT2D eigenvalue weighted by atomic mass is 32.1. The number of hydrogen-bond acceptors (Lipinski definition) is 4. The molecular formula is C22H19N3O2S. The van der Waals surface area contributed by atoms with E-state index in [1.807, 2.05) is 42.6 Å². The van der Waals surface area contributed by atoms with Crippen LogP contribution < -0.4 is 10.6 Å². The molecule has 2 aromatic carbocycles. The maximum Gasteiger partial charge on any atom is 0.261 e. The molecule has 2 N–H and O–H groups in total. The van der Waals surface area contributed by atoms with Crippen LogP contribution in [0.15, 0.2) is 66.0 Å². The van der Waals surface area contributed by atoms with Crippen LogP contribution in [0.1, 0.15) is 49.7 Å². The maximum absolute atomic E-state index is 12.5. The third-order valence-corrected chi connectivity index (χ3v) is 5.17. The summed E-state index contributed by atoms with van der Waals surface area (Å²) in [6, 6.07) is 19.8. The zero-order chi connectivity index (χ0) is 19.9. The van der Waals surface area contributed by atoms with Crippen molar-refractivity contribution in [2.45, 2.75) is 19.5 Å². The van der Waals surface area contributed by atoms with Crippen molar-refractivity contribution in [2.75, 3.05) is 0 Å². The number of benzene rings is 2. The third kappa shape index (κ3) is 4.84. The summed E-state index contributed by atoms with van der Waals surface area (Å²) >= 11 is 1.40. The Balaban J connectivity index is 1.55. The molecule has 28 heavy (non-hydrogen) atoms. The molecule has 2 amide bonds. The van der Waals surface area contributed by atoms with Gasteiger partial charge < -0.3 is 10.6 Å². The summed E-state index contributed by atoms with van der Waals surface area (Å²) in [5, 5.41) is 16.5. The van der Waals surface area contributed by atoms with Gasteiger partial charge in [-0.05, 0) is 53.8 Å². The van der Waals surface area contributed by atoms with E-state index in [4.69, 9.17) is 5.26 Å². The van der Waals surface area contributed by atoms with Gasteiger partial charge in [0, 0.05) is 12.1 Å². The highest BCUT2D eigenvalue weighted by Gasteiger charge is 2.12. The molecule has 0 spiro atoms. The van der Waals surface area contributed by atoms with Crippen LogP contribution >= 0.6 is 11.3 Å². The van der Waals surface area contributed by atoms with Gasteiger partial charge in [0.15, 0.2) is 0 Å². The number of carbonyl (C=O) groups excluding carboxylic acids is 2. The Hall–Kier alpha value is -3.43. The zero-order valence-electron chi connectivity index (χ0n) is 15.3. The molecule has 5 nitrogen and oxygen atoms in total. The van der Waals surface area contributed by atoms with Crippen LogP contribution in [0.5, 0.6) is 0 Å². The van der Waals surface area contributed by atoms with E-state index in [0.29, 0.717) is 22.5 Å². The highest BCUT2D eigenvalue weighted by Crippen LogP contribution is 2.15. The average Bonchev–Trinajstić information content (AvgIpc) is 3.27. The molecule has 1 heterocycles. The van der Waals surface area contributed by atoms with Crippen LogP contribution in [0.25, 0.3) is 0 Å². The number of nitrogens with zero attached hydrogens (tertiary/aromatic N) is 1. The number of hydrogen-bond donors (Lipinski definition) is 2. The summed E-state index contributed by atoms with van der Waals surface area (Å²) in [5.74, 6) is -0.279. The Labute approximate surface area is 167 Å². The Kier molecular flexibility index (Phi) is 6.20. The lowest BCUT2D eigenvalue weighted by Crippen LogP contribution is -2.26. The van der Waals surface area contributed by atoms with E-state index in [9.17, 15) is 9.59 Å². The molecular weight excluding hydrogens is 370 g/mol. The molecule has 0 aliphatic heterocycles. The van der Waals surface area contributed by atoms with Crippen LogP contribution in [0, 0.1) is 11.3 Å². The molecule has 0 bridgehead atoms. The smallest absolute Gasteiger partial charge is 0.261 e. The molecule has 3 aromatic rings. The monoisotopic (exact) mass is 389 g/mol. The van der Waals surface area contributed by atoms with Crippen molar-refractivity contribution in [1.82, 2.24) is 10.6 Å². The van der Waals surface area contributed by atoms with Crippen LogP contribution in [0.3, 0.4) is 0 Å². The van der Waals surface area contributed by atoms with Gasteiger partial charge in [0.25, 0.3) is 11.8 Å². The standard InChI is InChI=1S/C22H19N3O2S/c1-15(18-8-4-16(13-23)5-9-18)25-21(26)19-10-6-17(7-11-19)14-24-22(27)20-3-2-12-28-20/h2-12,15H,14H2,1H3,(H,24,27)(H,25,26). The topological polar surface area (TPSA) is 82.0 Å². The summed E-state index contributed by atoms with van der Waals surface area (Å²) in [6.07, 6.45) is 0. The van der Waals surface area contributed by atoms with Crippen LogP contribution in [-0.4, -0.2) is 11.8 Å². The largest absolute Gasteiger partial charge is 0.347 e. The van der Waals surface area contributed by atoms with Crippen molar-refractivity contribution in [2.24, 2.45) is 0 Å². The van der Waals surface area contributed by atoms with Gasteiger partial charge >= 0.3 is 0 Å². The maximum atomic E-state index is 12.5. The van der Waals surface area contributed by atoms with Crippen molar-refractivity contribution in [3.8, 4) is 6.07 Å². The SMILES string of the molecule is CC(NC(=O)c1ccc(CNC(=O)c2cccs2)cc1)c1ccc(C#N)cc1. The second kappa shape index (κ2) is 8.98. The van der Waals surface area contributed by atoms with Gasteiger partial charge in [-0.15, -0.1) is 11.3 Å². The Morgan fingerprint density at radius 1 is 1.04 bits per heavy atom. The van der Waals surface area contributed by atoms with Gasteiger partial charge in [0.1, 0.15) is 0 Å². The van der Waals surface area contributed by atoms with Crippen molar-refractivity contribution < 1.29 is 9.59 Å². The van der Waals surface area contributed by atoms with Crippen molar-refractivity contribution >= 4 is 23.2 Å². The van der Waals surface area contributed by atoms with E-state index >= 15 is 0 Å². The van der Waals surface area contributed by atoms with E-state index in [2.05, 4.69) is 16.7 Å². The second-order valence-corrected chi connectivity index (χ2v) is 7.23. The Morgan fingerprint density at radius 2 is 1.75 bits per heavy atom. The predicted octanol–water partition coefficient (Wildman–Crippen LogP) is 4.04. The lowest BCUT2D eigenvalue weighted by atomic mass is 10.1. The Bertz CT molecular complexity index is 988. The molecule has 3 rings (SSSR count).